The number of nitrogens with zero attached hydrogens (tertiary/aromatic N) is 1. The van der Waals surface area contributed by atoms with Crippen LogP contribution in [0.25, 0.3) is 0 Å². The average molecular weight is 240 g/mol. The second-order valence-electron chi connectivity index (χ2n) is 3.47. The van der Waals surface area contributed by atoms with Gasteiger partial charge >= 0.3 is 12.0 Å². The summed E-state index contributed by atoms with van der Waals surface area (Å²) in [4.78, 5) is 28.4. The molecule has 0 aliphatic carbocycles. The molecule has 0 aromatic carbocycles. The van der Waals surface area contributed by atoms with Gasteiger partial charge in [-0.15, -0.1) is 0 Å². The summed E-state index contributed by atoms with van der Waals surface area (Å²) in [7, 11) is 0. The Morgan fingerprint density at radius 1 is 1.35 bits per heavy atom. The van der Waals surface area contributed by atoms with Crippen LogP contribution >= 0.6 is 0 Å². The van der Waals surface area contributed by atoms with Crippen LogP contribution in [0, 0.1) is 0 Å². The number of aromatic nitrogens is 2. The van der Waals surface area contributed by atoms with Crippen molar-refractivity contribution in [1.29, 1.82) is 0 Å². The number of aryl methyl sites for hydroxylation is 1. The third kappa shape index (κ3) is 6.18. The fraction of sp³-hybridized carbons (Fsp3) is 0.500. The first-order chi connectivity index (χ1) is 8.18. The molecule has 1 rings (SSSR count). The number of rotatable bonds is 7. The van der Waals surface area contributed by atoms with Gasteiger partial charge in [0.05, 0.1) is 6.42 Å². The molecule has 0 atom stereocenters. The Labute approximate surface area is 98.6 Å². The Hall–Kier alpha value is -2.05. The number of nitrogens with one attached hydrogen (secondary N) is 3. The zero-order valence-corrected chi connectivity index (χ0v) is 9.40. The Morgan fingerprint density at radius 3 is 2.76 bits per heavy atom. The molecule has 2 amide bonds. The Bertz CT molecular complexity index is 350. The lowest BCUT2D eigenvalue weighted by Gasteiger charge is -2.05. The van der Waals surface area contributed by atoms with Crippen molar-refractivity contribution < 1.29 is 14.7 Å². The molecular weight excluding hydrogens is 224 g/mol. The van der Waals surface area contributed by atoms with E-state index in [1.54, 1.807) is 12.4 Å². The molecule has 0 aliphatic rings. The monoisotopic (exact) mass is 240 g/mol. The van der Waals surface area contributed by atoms with Gasteiger partial charge in [-0.25, -0.2) is 9.78 Å². The molecule has 0 unspecified atom stereocenters. The predicted octanol–water partition coefficient (Wildman–Crippen LogP) is 0.116. The third-order valence-electron chi connectivity index (χ3n) is 2.06. The zero-order valence-electron chi connectivity index (χ0n) is 9.40. The van der Waals surface area contributed by atoms with Crippen molar-refractivity contribution in [2.75, 3.05) is 13.1 Å². The summed E-state index contributed by atoms with van der Waals surface area (Å²) < 4.78 is 0. The van der Waals surface area contributed by atoms with E-state index in [1.807, 2.05) is 0 Å². The van der Waals surface area contributed by atoms with Crippen molar-refractivity contribution in [2.24, 2.45) is 0 Å². The standard InChI is InChI=1S/C10H16N4O3/c15-9(16)3-5-14-10(17)13-4-1-2-8-11-6-7-12-8/h6-7H,1-5H2,(H,11,12)(H,15,16)(H2,13,14,17). The quantitative estimate of drug-likeness (QED) is 0.507. The first-order valence-corrected chi connectivity index (χ1v) is 5.40. The maximum absolute atomic E-state index is 11.1. The Balaban J connectivity index is 1.98. The van der Waals surface area contributed by atoms with Gasteiger partial charge in [-0.05, 0) is 6.42 Å². The minimum absolute atomic E-state index is 0.0696. The molecule has 7 heteroatoms. The molecule has 4 N–H and O–H groups in total. The molecule has 1 aromatic heterocycles. The summed E-state index contributed by atoms with van der Waals surface area (Å²) in [5.41, 5.74) is 0. The van der Waals surface area contributed by atoms with Crippen LogP contribution in [-0.2, 0) is 11.2 Å². The maximum Gasteiger partial charge on any atom is 0.314 e. The average Bonchev–Trinajstić information content (AvgIpc) is 2.76. The molecule has 0 saturated carbocycles. The number of H-pyrrole nitrogens is 1. The minimum atomic E-state index is -0.928. The minimum Gasteiger partial charge on any atom is -0.481 e. The molecule has 7 nitrogen and oxygen atoms in total. The van der Waals surface area contributed by atoms with Crippen LogP contribution in [0.4, 0.5) is 4.79 Å². The van der Waals surface area contributed by atoms with E-state index in [1.165, 1.54) is 0 Å². The molecule has 1 aromatic rings. The topological polar surface area (TPSA) is 107 Å². The number of carboxylic acid groups (broad SMARTS) is 1. The lowest BCUT2D eigenvalue weighted by atomic mass is 10.3. The third-order valence-corrected chi connectivity index (χ3v) is 2.06. The van der Waals surface area contributed by atoms with Crippen molar-refractivity contribution in [3.05, 3.63) is 18.2 Å². The number of carbonyl (C=O) groups is 2. The Kier molecular flexibility index (Phi) is 5.56. The van der Waals surface area contributed by atoms with Crippen LogP contribution in [-0.4, -0.2) is 40.2 Å². The molecule has 0 aliphatic heterocycles. The molecule has 0 spiro atoms. The summed E-state index contributed by atoms with van der Waals surface area (Å²) >= 11 is 0. The van der Waals surface area contributed by atoms with Crippen molar-refractivity contribution >= 4 is 12.0 Å². The van der Waals surface area contributed by atoms with Gasteiger partial charge in [0, 0.05) is 31.9 Å². The maximum atomic E-state index is 11.1. The van der Waals surface area contributed by atoms with Gasteiger partial charge in [0.1, 0.15) is 5.82 Å². The summed E-state index contributed by atoms with van der Waals surface area (Å²) in [5, 5.41) is 13.5. The Morgan fingerprint density at radius 2 is 2.12 bits per heavy atom. The van der Waals surface area contributed by atoms with E-state index < -0.39 is 5.97 Å². The number of amides is 2. The van der Waals surface area contributed by atoms with Crippen LogP contribution in [0.5, 0.6) is 0 Å². The molecule has 0 fully saturated rings. The molecule has 94 valence electrons. The first-order valence-electron chi connectivity index (χ1n) is 5.40. The summed E-state index contributed by atoms with van der Waals surface area (Å²) in [6, 6.07) is -0.342. The second kappa shape index (κ2) is 7.26. The van der Waals surface area contributed by atoms with E-state index in [0.29, 0.717) is 6.54 Å². The summed E-state index contributed by atoms with van der Waals surface area (Å²) in [5.74, 6) is -0.0406. The van der Waals surface area contributed by atoms with Crippen molar-refractivity contribution in [3.63, 3.8) is 0 Å². The van der Waals surface area contributed by atoms with Crippen LogP contribution in [0.2, 0.25) is 0 Å². The number of urea groups is 1. The SMILES string of the molecule is O=C(O)CCNC(=O)NCCCc1ncc[nH]1. The highest BCUT2D eigenvalue weighted by atomic mass is 16.4. The highest BCUT2D eigenvalue weighted by molar-refractivity contribution is 5.74. The van der Waals surface area contributed by atoms with Crippen molar-refractivity contribution in [1.82, 2.24) is 20.6 Å². The van der Waals surface area contributed by atoms with E-state index in [4.69, 9.17) is 5.11 Å². The van der Waals surface area contributed by atoms with E-state index >= 15 is 0 Å². The van der Waals surface area contributed by atoms with Gasteiger partial charge in [0.25, 0.3) is 0 Å². The van der Waals surface area contributed by atoms with E-state index in [9.17, 15) is 9.59 Å². The first kappa shape index (κ1) is 13.0. The number of carbonyl (C=O) groups excluding carboxylic acids is 1. The van der Waals surface area contributed by atoms with Gasteiger partial charge < -0.3 is 20.7 Å². The molecule has 1 heterocycles. The molecule has 0 saturated heterocycles. The van der Waals surface area contributed by atoms with Gasteiger partial charge in [-0.1, -0.05) is 0 Å². The molecule has 0 radical (unpaired) electrons. The van der Waals surface area contributed by atoms with Crippen molar-refractivity contribution in [3.8, 4) is 0 Å². The fourth-order valence-electron chi connectivity index (χ4n) is 1.24. The summed E-state index contributed by atoms with van der Waals surface area (Å²) in [6.45, 7) is 0.666. The zero-order chi connectivity index (χ0) is 12.5. The van der Waals surface area contributed by atoms with Gasteiger partial charge in [-0.2, -0.15) is 0 Å². The second-order valence-corrected chi connectivity index (χ2v) is 3.47. The molecular formula is C10H16N4O3. The van der Waals surface area contributed by atoms with E-state index in [2.05, 4.69) is 20.6 Å². The smallest absolute Gasteiger partial charge is 0.314 e. The van der Waals surface area contributed by atoms with Crippen LogP contribution in [0.15, 0.2) is 12.4 Å². The molecule has 0 bridgehead atoms. The normalized spacial score (nSPS) is 9.88. The lowest BCUT2D eigenvalue weighted by molar-refractivity contribution is -0.136. The largest absolute Gasteiger partial charge is 0.481 e. The van der Waals surface area contributed by atoms with Gasteiger partial charge in [-0.3, -0.25) is 4.79 Å². The van der Waals surface area contributed by atoms with Crippen LogP contribution in [0.3, 0.4) is 0 Å². The highest BCUT2D eigenvalue weighted by Crippen LogP contribution is 1.93. The number of hydrogen-bond acceptors (Lipinski definition) is 3. The van der Waals surface area contributed by atoms with Gasteiger partial charge in [0.2, 0.25) is 0 Å². The number of imidazole rings is 1. The fourth-order valence-corrected chi connectivity index (χ4v) is 1.24. The number of aromatic amines is 1. The van der Waals surface area contributed by atoms with Crippen molar-refractivity contribution in [2.45, 2.75) is 19.3 Å². The number of aliphatic carboxylic acids is 1. The lowest BCUT2D eigenvalue weighted by Crippen LogP contribution is -2.37. The van der Waals surface area contributed by atoms with E-state index in [0.717, 1.165) is 18.7 Å². The number of carboxylic acids is 1. The summed E-state index contributed by atoms with van der Waals surface area (Å²) in [6.07, 6.45) is 4.91. The van der Waals surface area contributed by atoms with Crippen LogP contribution in [0.1, 0.15) is 18.7 Å². The van der Waals surface area contributed by atoms with Crippen LogP contribution < -0.4 is 10.6 Å². The number of hydrogen-bond donors (Lipinski definition) is 4. The highest BCUT2D eigenvalue weighted by Gasteiger charge is 2.01. The van der Waals surface area contributed by atoms with E-state index in [-0.39, 0.29) is 19.0 Å². The van der Waals surface area contributed by atoms with Gasteiger partial charge in [0.15, 0.2) is 0 Å². The predicted molar refractivity (Wildman–Crippen MR) is 60.6 cm³/mol. The molecule has 17 heavy (non-hydrogen) atoms.